The molecule has 0 aliphatic carbocycles. The first-order chi connectivity index (χ1) is 9.79. The highest BCUT2D eigenvalue weighted by atomic mass is 35.5. The number of rotatable bonds is 3. The quantitative estimate of drug-likeness (QED) is 0.889. The molecular weight excluding hydrogens is 305 g/mol. The number of nitrogens with zero attached hydrogens (tertiary/aromatic N) is 2. The molecular formula is C13H12ClF3N4. The first-order valence-electron chi connectivity index (χ1n) is 5.97. The molecule has 1 aromatic carbocycles. The lowest BCUT2D eigenvalue weighted by molar-refractivity contribution is -0.144. The fourth-order valence-corrected chi connectivity index (χ4v) is 1.81. The van der Waals surface area contributed by atoms with Crippen LogP contribution in [0.4, 0.5) is 30.5 Å². The lowest BCUT2D eigenvalue weighted by atomic mass is 10.2. The highest BCUT2D eigenvalue weighted by Gasteiger charge is 2.35. The number of halogens is 4. The summed E-state index contributed by atoms with van der Waals surface area (Å²) < 4.78 is 38.3. The molecule has 2 rings (SSSR count). The molecule has 0 spiro atoms. The standard InChI is InChI=1S/C13H12ClF3N4/c1-7-3-4-8(14)5-9(7)19-11-6-10(18-2)20-12(21-11)13(15,16)17/h3-6H,1-2H3,(H2,18,19,20,21). The van der Waals surface area contributed by atoms with Gasteiger partial charge in [-0.2, -0.15) is 13.2 Å². The molecule has 0 fully saturated rings. The molecule has 0 saturated heterocycles. The number of anilines is 3. The second kappa shape index (κ2) is 5.77. The highest BCUT2D eigenvalue weighted by molar-refractivity contribution is 6.30. The van der Waals surface area contributed by atoms with Gasteiger partial charge in [0.1, 0.15) is 11.6 Å². The van der Waals surface area contributed by atoms with E-state index in [-0.39, 0.29) is 11.6 Å². The number of aryl methyl sites for hydroxylation is 1. The maximum atomic E-state index is 12.8. The smallest absolute Gasteiger partial charge is 0.373 e. The van der Waals surface area contributed by atoms with E-state index in [9.17, 15) is 13.2 Å². The third kappa shape index (κ3) is 3.75. The van der Waals surface area contributed by atoms with E-state index in [0.717, 1.165) is 5.56 Å². The van der Waals surface area contributed by atoms with Crippen LogP contribution in [0.3, 0.4) is 0 Å². The minimum Gasteiger partial charge on any atom is -0.373 e. The average Bonchev–Trinajstić information content (AvgIpc) is 2.41. The summed E-state index contributed by atoms with van der Waals surface area (Å²) >= 11 is 5.88. The monoisotopic (exact) mass is 316 g/mol. The first kappa shape index (κ1) is 15.4. The zero-order chi connectivity index (χ0) is 15.6. The maximum absolute atomic E-state index is 12.8. The molecule has 0 aliphatic heterocycles. The molecule has 0 atom stereocenters. The largest absolute Gasteiger partial charge is 0.451 e. The highest BCUT2D eigenvalue weighted by Crippen LogP contribution is 2.30. The zero-order valence-corrected chi connectivity index (χ0v) is 12.0. The minimum absolute atomic E-state index is 0.0343. The second-order valence-electron chi connectivity index (χ2n) is 4.29. The van der Waals surface area contributed by atoms with Crippen LogP contribution in [0.25, 0.3) is 0 Å². The summed E-state index contributed by atoms with van der Waals surface area (Å²) in [5, 5.41) is 5.87. The van der Waals surface area contributed by atoms with Gasteiger partial charge in [-0.25, -0.2) is 9.97 Å². The van der Waals surface area contributed by atoms with Gasteiger partial charge in [0.15, 0.2) is 0 Å². The molecule has 0 unspecified atom stereocenters. The Morgan fingerprint density at radius 1 is 1.10 bits per heavy atom. The summed E-state index contributed by atoms with van der Waals surface area (Å²) in [5.41, 5.74) is 1.41. The molecule has 0 bridgehead atoms. The Kier molecular flexibility index (Phi) is 4.22. The van der Waals surface area contributed by atoms with E-state index in [0.29, 0.717) is 10.7 Å². The Labute approximate surface area is 124 Å². The van der Waals surface area contributed by atoms with E-state index in [4.69, 9.17) is 11.6 Å². The summed E-state index contributed by atoms with van der Waals surface area (Å²) in [4.78, 5) is 6.88. The first-order valence-corrected chi connectivity index (χ1v) is 6.34. The lowest BCUT2D eigenvalue weighted by Crippen LogP contribution is -2.13. The van der Waals surface area contributed by atoms with Gasteiger partial charge in [-0.05, 0) is 24.6 Å². The van der Waals surface area contributed by atoms with Gasteiger partial charge in [-0.3, -0.25) is 0 Å². The number of alkyl halides is 3. The molecule has 0 radical (unpaired) electrons. The molecule has 2 aromatic rings. The Balaban J connectivity index is 2.42. The van der Waals surface area contributed by atoms with Crippen molar-refractivity contribution >= 4 is 28.9 Å². The molecule has 0 saturated carbocycles. The van der Waals surface area contributed by atoms with Crippen molar-refractivity contribution in [2.45, 2.75) is 13.1 Å². The van der Waals surface area contributed by atoms with Crippen molar-refractivity contribution in [1.82, 2.24) is 9.97 Å². The molecule has 0 aliphatic rings. The summed E-state index contributed by atoms with van der Waals surface area (Å²) in [7, 11) is 1.48. The van der Waals surface area contributed by atoms with E-state index < -0.39 is 12.0 Å². The fourth-order valence-electron chi connectivity index (χ4n) is 1.63. The van der Waals surface area contributed by atoms with Gasteiger partial charge in [0.25, 0.3) is 0 Å². The third-order valence-corrected chi connectivity index (χ3v) is 2.93. The van der Waals surface area contributed by atoms with Crippen LogP contribution in [0, 0.1) is 6.92 Å². The topological polar surface area (TPSA) is 49.8 Å². The molecule has 4 nitrogen and oxygen atoms in total. The van der Waals surface area contributed by atoms with E-state index in [2.05, 4.69) is 20.6 Å². The Morgan fingerprint density at radius 3 is 2.38 bits per heavy atom. The molecule has 8 heteroatoms. The van der Waals surface area contributed by atoms with Crippen molar-refractivity contribution in [1.29, 1.82) is 0 Å². The summed E-state index contributed by atoms with van der Waals surface area (Å²) in [6.45, 7) is 1.81. The van der Waals surface area contributed by atoms with E-state index in [1.807, 2.05) is 6.92 Å². The molecule has 1 aromatic heterocycles. The Morgan fingerprint density at radius 2 is 1.76 bits per heavy atom. The van der Waals surface area contributed by atoms with Gasteiger partial charge in [0.05, 0.1) is 0 Å². The second-order valence-corrected chi connectivity index (χ2v) is 4.73. The number of hydrogen-bond donors (Lipinski definition) is 2. The Bertz CT molecular complexity index is 658. The maximum Gasteiger partial charge on any atom is 0.451 e. The third-order valence-electron chi connectivity index (χ3n) is 2.70. The van der Waals surface area contributed by atoms with Crippen LogP contribution >= 0.6 is 11.6 Å². The Hall–Kier alpha value is -2.02. The predicted octanol–water partition coefficient (Wildman–Crippen LogP) is 4.24. The van der Waals surface area contributed by atoms with Crippen molar-refractivity contribution < 1.29 is 13.2 Å². The van der Waals surface area contributed by atoms with Crippen molar-refractivity contribution in [3.63, 3.8) is 0 Å². The number of hydrogen-bond acceptors (Lipinski definition) is 4. The SMILES string of the molecule is CNc1cc(Nc2cc(Cl)ccc2C)nc(C(F)(F)F)n1. The predicted molar refractivity (Wildman–Crippen MR) is 76.1 cm³/mol. The van der Waals surface area contributed by atoms with E-state index in [1.54, 1.807) is 18.2 Å². The van der Waals surface area contributed by atoms with Crippen LogP contribution in [0.15, 0.2) is 24.3 Å². The van der Waals surface area contributed by atoms with Crippen molar-refractivity contribution in [3.8, 4) is 0 Å². The van der Waals surface area contributed by atoms with Gasteiger partial charge in [0.2, 0.25) is 5.82 Å². The normalized spacial score (nSPS) is 11.3. The van der Waals surface area contributed by atoms with Gasteiger partial charge < -0.3 is 10.6 Å². The van der Waals surface area contributed by atoms with E-state index >= 15 is 0 Å². The van der Waals surface area contributed by atoms with Gasteiger partial charge in [0, 0.05) is 23.8 Å². The summed E-state index contributed by atoms with van der Waals surface area (Å²) in [6.07, 6.45) is -4.62. The van der Waals surface area contributed by atoms with Crippen LogP contribution in [0.5, 0.6) is 0 Å². The molecule has 21 heavy (non-hydrogen) atoms. The lowest BCUT2D eigenvalue weighted by Gasteiger charge is -2.13. The van der Waals surface area contributed by atoms with Crippen molar-refractivity contribution in [2.75, 3.05) is 17.7 Å². The number of nitrogens with one attached hydrogen (secondary N) is 2. The van der Waals surface area contributed by atoms with Crippen LogP contribution in [0.1, 0.15) is 11.4 Å². The zero-order valence-electron chi connectivity index (χ0n) is 11.2. The average molecular weight is 317 g/mol. The van der Waals surface area contributed by atoms with Crippen molar-refractivity contribution in [3.05, 3.63) is 40.7 Å². The molecule has 2 N–H and O–H groups in total. The molecule has 112 valence electrons. The van der Waals surface area contributed by atoms with Crippen molar-refractivity contribution in [2.24, 2.45) is 0 Å². The summed E-state index contributed by atoms with van der Waals surface area (Å²) in [5.74, 6) is -1.11. The molecule has 0 amide bonds. The number of aromatic nitrogens is 2. The van der Waals surface area contributed by atoms with Gasteiger partial charge in [-0.1, -0.05) is 17.7 Å². The van der Waals surface area contributed by atoms with Crippen LogP contribution in [-0.4, -0.2) is 17.0 Å². The van der Waals surface area contributed by atoms with Crippen LogP contribution < -0.4 is 10.6 Å². The van der Waals surface area contributed by atoms with Gasteiger partial charge in [-0.15, -0.1) is 0 Å². The fraction of sp³-hybridized carbons (Fsp3) is 0.231. The number of benzene rings is 1. The van der Waals surface area contributed by atoms with Crippen LogP contribution in [0.2, 0.25) is 5.02 Å². The summed E-state index contributed by atoms with van der Waals surface area (Å²) in [6, 6.07) is 6.46. The van der Waals surface area contributed by atoms with Crippen LogP contribution in [-0.2, 0) is 6.18 Å². The minimum atomic E-state index is -4.62. The van der Waals surface area contributed by atoms with E-state index in [1.165, 1.54) is 13.1 Å². The molecule has 1 heterocycles. The van der Waals surface area contributed by atoms with Gasteiger partial charge >= 0.3 is 6.18 Å².